The summed E-state index contributed by atoms with van der Waals surface area (Å²) >= 11 is 3.32. The molecule has 0 amide bonds. The Bertz CT molecular complexity index is 572. The first-order valence-corrected chi connectivity index (χ1v) is 6.12. The topological polar surface area (TPSA) is 37.8 Å². The summed E-state index contributed by atoms with van der Waals surface area (Å²) in [7, 11) is 0. The van der Waals surface area contributed by atoms with Gasteiger partial charge in [-0.2, -0.15) is 13.2 Å². The molecular formula is C12H9BrF3N3. The maximum Gasteiger partial charge on any atom is 0.433 e. The summed E-state index contributed by atoms with van der Waals surface area (Å²) in [5, 5.41) is 2.83. The molecule has 2 rings (SSSR count). The highest BCUT2D eigenvalue weighted by Gasteiger charge is 2.32. The Balaban J connectivity index is 2.08. The Morgan fingerprint density at radius 1 is 1.16 bits per heavy atom. The fraction of sp³-hybridized carbons (Fsp3) is 0.167. The van der Waals surface area contributed by atoms with Crippen molar-refractivity contribution in [3.8, 4) is 0 Å². The molecule has 19 heavy (non-hydrogen) atoms. The van der Waals surface area contributed by atoms with E-state index in [1.807, 2.05) is 24.3 Å². The molecule has 0 radical (unpaired) electrons. The van der Waals surface area contributed by atoms with Gasteiger partial charge in [0, 0.05) is 17.1 Å². The van der Waals surface area contributed by atoms with Crippen LogP contribution in [0.5, 0.6) is 0 Å². The van der Waals surface area contributed by atoms with Crippen LogP contribution in [0.25, 0.3) is 0 Å². The number of nitrogens with one attached hydrogen (secondary N) is 1. The molecule has 100 valence electrons. The highest BCUT2D eigenvalue weighted by Crippen LogP contribution is 2.28. The molecule has 0 fully saturated rings. The smallest absolute Gasteiger partial charge is 0.366 e. The number of halogens is 4. The summed E-state index contributed by atoms with van der Waals surface area (Å²) in [6.07, 6.45) is -3.57. The van der Waals surface area contributed by atoms with E-state index in [1.165, 1.54) is 0 Å². The molecule has 0 bridgehead atoms. The predicted octanol–water partition coefficient (Wildman–Crippen LogP) is 3.87. The number of rotatable bonds is 3. The first-order chi connectivity index (χ1) is 8.95. The molecule has 0 atom stereocenters. The average molecular weight is 332 g/mol. The minimum Gasteiger partial charge on any atom is -0.366 e. The number of benzene rings is 1. The highest BCUT2D eigenvalue weighted by atomic mass is 79.9. The molecule has 1 aromatic carbocycles. The lowest BCUT2D eigenvalue weighted by atomic mass is 10.2. The van der Waals surface area contributed by atoms with Crippen molar-refractivity contribution in [2.45, 2.75) is 12.7 Å². The van der Waals surface area contributed by atoms with Crippen LogP contribution < -0.4 is 5.32 Å². The van der Waals surface area contributed by atoms with Crippen LogP contribution in [-0.2, 0) is 12.7 Å². The number of alkyl halides is 3. The first kappa shape index (κ1) is 13.8. The lowest BCUT2D eigenvalue weighted by Gasteiger charge is -2.09. The fourth-order valence-corrected chi connectivity index (χ4v) is 1.90. The molecule has 0 spiro atoms. The van der Waals surface area contributed by atoms with Crippen LogP contribution in [0.2, 0.25) is 0 Å². The van der Waals surface area contributed by atoms with E-state index in [2.05, 4.69) is 31.2 Å². The van der Waals surface area contributed by atoms with Gasteiger partial charge < -0.3 is 5.32 Å². The van der Waals surface area contributed by atoms with Crippen LogP contribution in [-0.4, -0.2) is 9.97 Å². The van der Waals surface area contributed by atoms with E-state index in [1.54, 1.807) is 0 Å². The van der Waals surface area contributed by atoms with Crippen LogP contribution in [0, 0.1) is 0 Å². The standard InChI is InChI=1S/C12H9BrF3N3/c13-9-3-1-2-8(4-9)6-17-11-5-10(12(14,15)16)18-7-19-11/h1-5,7H,6H2,(H,17,18,19). The van der Waals surface area contributed by atoms with E-state index in [-0.39, 0.29) is 5.82 Å². The zero-order valence-corrected chi connectivity index (χ0v) is 11.2. The molecule has 0 saturated carbocycles. The number of hydrogen-bond acceptors (Lipinski definition) is 3. The Morgan fingerprint density at radius 2 is 1.95 bits per heavy atom. The largest absolute Gasteiger partial charge is 0.433 e. The van der Waals surface area contributed by atoms with Gasteiger partial charge in [0.15, 0.2) is 0 Å². The maximum atomic E-state index is 12.5. The van der Waals surface area contributed by atoms with Gasteiger partial charge in [0.1, 0.15) is 17.8 Å². The molecule has 1 heterocycles. The Hall–Kier alpha value is -1.63. The SMILES string of the molecule is FC(F)(F)c1cc(NCc2cccc(Br)c2)ncn1. The second-order valence-electron chi connectivity index (χ2n) is 3.77. The molecule has 0 unspecified atom stereocenters. The monoisotopic (exact) mass is 331 g/mol. The maximum absolute atomic E-state index is 12.5. The third kappa shape index (κ3) is 3.92. The van der Waals surface area contributed by atoms with Gasteiger partial charge in [-0.1, -0.05) is 28.1 Å². The minimum absolute atomic E-state index is 0.141. The molecule has 1 N–H and O–H groups in total. The van der Waals surface area contributed by atoms with Crippen LogP contribution in [0.4, 0.5) is 19.0 Å². The van der Waals surface area contributed by atoms with Gasteiger partial charge in [-0.3, -0.25) is 0 Å². The van der Waals surface area contributed by atoms with Crippen LogP contribution >= 0.6 is 15.9 Å². The Labute approximate surface area is 116 Å². The van der Waals surface area contributed by atoms with Crippen molar-refractivity contribution in [2.75, 3.05) is 5.32 Å². The third-order valence-electron chi connectivity index (χ3n) is 2.32. The fourth-order valence-electron chi connectivity index (χ4n) is 1.45. The third-order valence-corrected chi connectivity index (χ3v) is 2.81. The van der Waals surface area contributed by atoms with Gasteiger partial charge in [-0.15, -0.1) is 0 Å². The minimum atomic E-state index is -4.46. The van der Waals surface area contributed by atoms with Crippen LogP contribution in [0.15, 0.2) is 41.1 Å². The number of nitrogens with zero attached hydrogens (tertiary/aromatic N) is 2. The van der Waals surface area contributed by atoms with E-state index in [9.17, 15) is 13.2 Å². The van der Waals surface area contributed by atoms with Gasteiger partial charge in [-0.05, 0) is 17.7 Å². The molecule has 7 heteroatoms. The molecule has 0 saturated heterocycles. The van der Waals surface area contributed by atoms with Crippen molar-refractivity contribution >= 4 is 21.7 Å². The molecule has 0 aliphatic carbocycles. The van der Waals surface area contributed by atoms with Gasteiger partial charge in [-0.25, -0.2) is 9.97 Å². The quantitative estimate of drug-likeness (QED) is 0.927. The van der Waals surface area contributed by atoms with E-state index in [4.69, 9.17) is 0 Å². The van der Waals surface area contributed by atoms with Crippen molar-refractivity contribution < 1.29 is 13.2 Å². The van der Waals surface area contributed by atoms with Gasteiger partial charge in [0.25, 0.3) is 0 Å². The summed E-state index contributed by atoms with van der Waals surface area (Å²) in [5.74, 6) is 0.141. The van der Waals surface area contributed by atoms with Crippen molar-refractivity contribution in [3.05, 3.63) is 52.4 Å². The second-order valence-corrected chi connectivity index (χ2v) is 4.69. The molecule has 0 aliphatic heterocycles. The van der Waals surface area contributed by atoms with E-state index < -0.39 is 11.9 Å². The number of aromatic nitrogens is 2. The Kier molecular flexibility index (Phi) is 4.04. The summed E-state index contributed by atoms with van der Waals surface area (Å²) in [4.78, 5) is 6.95. The first-order valence-electron chi connectivity index (χ1n) is 5.33. The van der Waals surface area contributed by atoms with Crippen molar-refractivity contribution in [3.63, 3.8) is 0 Å². The average Bonchev–Trinajstić information content (AvgIpc) is 2.36. The normalized spacial score (nSPS) is 11.4. The van der Waals surface area contributed by atoms with E-state index in [0.29, 0.717) is 6.54 Å². The zero-order chi connectivity index (χ0) is 13.9. The number of anilines is 1. The van der Waals surface area contributed by atoms with Crippen LogP contribution in [0.1, 0.15) is 11.3 Å². The van der Waals surface area contributed by atoms with E-state index >= 15 is 0 Å². The van der Waals surface area contributed by atoms with Crippen molar-refractivity contribution in [1.29, 1.82) is 0 Å². The zero-order valence-electron chi connectivity index (χ0n) is 9.58. The lowest BCUT2D eigenvalue weighted by molar-refractivity contribution is -0.141. The van der Waals surface area contributed by atoms with Crippen LogP contribution in [0.3, 0.4) is 0 Å². The highest BCUT2D eigenvalue weighted by molar-refractivity contribution is 9.10. The molecule has 2 aromatic rings. The summed E-state index contributed by atoms with van der Waals surface area (Å²) in [5.41, 5.74) is -0.0270. The molecular weight excluding hydrogens is 323 g/mol. The second kappa shape index (κ2) is 5.56. The molecule has 1 aromatic heterocycles. The summed E-state index contributed by atoms with van der Waals surface area (Å²) in [6, 6.07) is 8.35. The molecule has 3 nitrogen and oxygen atoms in total. The molecule has 0 aliphatic rings. The lowest BCUT2D eigenvalue weighted by Crippen LogP contribution is -2.10. The predicted molar refractivity (Wildman–Crippen MR) is 68.5 cm³/mol. The summed E-state index contributed by atoms with van der Waals surface area (Å²) in [6.45, 7) is 0.383. The van der Waals surface area contributed by atoms with Gasteiger partial charge in [0.2, 0.25) is 0 Å². The van der Waals surface area contributed by atoms with Gasteiger partial charge >= 0.3 is 6.18 Å². The van der Waals surface area contributed by atoms with Crippen molar-refractivity contribution in [2.24, 2.45) is 0 Å². The summed E-state index contributed by atoms with van der Waals surface area (Å²) < 4.78 is 38.3. The van der Waals surface area contributed by atoms with Crippen molar-refractivity contribution in [1.82, 2.24) is 9.97 Å². The Morgan fingerprint density at radius 3 is 2.63 bits per heavy atom. The van der Waals surface area contributed by atoms with Gasteiger partial charge in [0.05, 0.1) is 0 Å². The van der Waals surface area contributed by atoms with E-state index in [0.717, 1.165) is 22.4 Å². The number of hydrogen-bond donors (Lipinski definition) is 1.